The van der Waals surface area contributed by atoms with Crippen molar-refractivity contribution >= 4 is 5.78 Å². The van der Waals surface area contributed by atoms with Gasteiger partial charge in [0, 0.05) is 11.5 Å². The maximum atomic E-state index is 12.8. The van der Waals surface area contributed by atoms with Crippen LogP contribution in [-0.2, 0) is 0 Å². The van der Waals surface area contributed by atoms with E-state index < -0.39 is 18.3 Å². The second kappa shape index (κ2) is 5.81. The Morgan fingerprint density at radius 3 is 2.50 bits per heavy atom. The summed E-state index contributed by atoms with van der Waals surface area (Å²) in [6.45, 7) is 0. The molecule has 2 rings (SSSR count). The van der Waals surface area contributed by atoms with Crippen molar-refractivity contribution in [2.75, 3.05) is 0 Å². The van der Waals surface area contributed by atoms with Crippen LogP contribution in [0.15, 0.2) is 24.3 Å². The molecule has 0 aromatic heterocycles. The highest BCUT2D eigenvalue weighted by Gasteiger charge is 2.44. The van der Waals surface area contributed by atoms with Gasteiger partial charge in [-0.05, 0) is 25.0 Å². The third-order valence-electron chi connectivity index (χ3n) is 3.35. The fourth-order valence-corrected chi connectivity index (χ4v) is 2.34. The molecule has 110 valence electrons. The van der Waals surface area contributed by atoms with Crippen LogP contribution < -0.4 is 4.74 Å². The van der Waals surface area contributed by atoms with Crippen LogP contribution in [0.25, 0.3) is 0 Å². The number of benzene rings is 1. The summed E-state index contributed by atoms with van der Waals surface area (Å²) in [4.78, 5) is 12.1. The Kier molecular flexibility index (Phi) is 4.30. The second-order valence-electron chi connectivity index (χ2n) is 4.84. The predicted octanol–water partition coefficient (Wildman–Crippen LogP) is 4.30. The first-order valence-corrected chi connectivity index (χ1v) is 6.39. The average molecular weight is 290 g/mol. The summed E-state index contributed by atoms with van der Waals surface area (Å²) in [5.41, 5.74) is 0.222. The van der Waals surface area contributed by atoms with Gasteiger partial charge in [-0.1, -0.05) is 25.0 Å². The molecule has 1 saturated carbocycles. The van der Waals surface area contributed by atoms with Crippen LogP contribution in [0.3, 0.4) is 0 Å². The van der Waals surface area contributed by atoms with Gasteiger partial charge in [0.05, 0.1) is 0 Å². The molecule has 1 aliphatic rings. The van der Waals surface area contributed by atoms with Crippen molar-refractivity contribution < 1.29 is 27.1 Å². The lowest BCUT2D eigenvalue weighted by Crippen LogP contribution is -2.33. The van der Waals surface area contributed by atoms with Gasteiger partial charge in [0.2, 0.25) is 0 Å². The lowest BCUT2D eigenvalue weighted by molar-refractivity contribution is -0.253. The maximum Gasteiger partial charge on any atom is 0.461 e. The minimum absolute atomic E-state index is 0.110. The van der Waals surface area contributed by atoms with Crippen molar-refractivity contribution in [2.24, 2.45) is 5.92 Å². The molecule has 2 nitrogen and oxygen atoms in total. The Hall–Kier alpha value is -1.59. The number of carbonyl (C=O) groups is 1. The highest BCUT2D eigenvalue weighted by Crippen LogP contribution is 2.31. The first kappa shape index (κ1) is 14.8. The molecule has 20 heavy (non-hydrogen) atoms. The van der Waals surface area contributed by atoms with E-state index in [1.165, 1.54) is 12.1 Å². The largest absolute Gasteiger partial charge is 0.461 e. The molecule has 1 fully saturated rings. The van der Waals surface area contributed by atoms with Crippen molar-refractivity contribution in [1.29, 1.82) is 0 Å². The highest BCUT2D eigenvalue weighted by molar-refractivity contribution is 5.98. The third-order valence-corrected chi connectivity index (χ3v) is 3.35. The van der Waals surface area contributed by atoms with Crippen LogP contribution in [0.1, 0.15) is 36.0 Å². The monoisotopic (exact) mass is 290 g/mol. The van der Waals surface area contributed by atoms with Crippen LogP contribution in [0.4, 0.5) is 17.6 Å². The molecule has 1 aromatic rings. The van der Waals surface area contributed by atoms with Gasteiger partial charge >= 0.3 is 12.5 Å². The van der Waals surface area contributed by atoms with E-state index in [9.17, 15) is 22.4 Å². The maximum absolute atomic E-state index is 12.8. The number of ketones is 1. The molecule has 0 aliphatic heterocycles. The molecule has 6 heteroatoms. The Morgan fingerprint density at radius 1 is 1.25 bits per heavy atom. The van der Waals surface area contributed by atoms with Crippen LogP contribution in [0, 0.1) is 5.92 Å². The van der Waals surface area contributed by atoms with Crippen molar-refractivity contribution in [3.63, 3.8) is 0 Å². The summed E-state index contributed by atoms with van der Waals surface area (Å²) in [5, 5.41) is 0. The molecule has 0 unspecified atom stereocenters. The van der Waals surface area contributed by atoms with Crippen LogP contribution in [-0.4, -0.2) is 18.3 Å². The van der Waals surface area contributed by atoms with Gasteiger partial charge in [-0.25, -0.2) is 0 Å². The number of alkyl halides is 4. The molecule has 0 bridgehead atoms. The molecule has 1 aromatic carbocycles. The zero-order chi connectivity index (χ0) is 14.8. The van der Waals surface area contributed by atoms with Crippen LogP contribution >= 0.6 is 0 Å². The van der Waals surface area contributed by atoms with Crippen molar-refractivity contribution in [2.45, 2.75) is 38.2 Å². The van der Waals surface area contributed by atoms with Crippen molar-refractivity contribution in [1.82, 2.24) is 0 Å². The zero-order valence-corrected chi connectivity index (χ0v) is 10.6. The molecule has 0 N–H and O–H groups in total. The second-order valence-corrected chi connectivity index (χ2v) is 4.84. The molecular formula is C14H14F4O2. The summed E-state index contributed by atoms with van der Waals surface area (Å²) in [6, 6.07) is 5.05. The van der Waals surface area contributed by atoms with E-state index in [0.717, 1.165) is 37.8 Å². The molecule has 0 saturated heterocycles. The Bertz CT molecular complexity index is 482. The summed E-state index contributed by atoms with van der Waals surface area (Å²) in [7, 11) is 0. The fourth-order valence-electron chi connectivity index (χ4n) is 2.34. The molecule has 0 radical (unpaired) electrons. The number of ether oxygens (including phenoxy) is 1. The Labute approximate surface area is 113 Å². The average Bonchev–Trinajstić information content (AvgIpc) is 2.91. The van der Waals surface area contributed by atoms with Gasteiger partial charge in [-0.15, -0.1) is 0 Å². The van der Waals surface area contributed by atoms with E-state index in [1.807, 2.05) is 0 Å². The predicted molar refractivity (Wildman–Crippen MR) is 64.3 cm³/mol. The van der Waals surface area contributed by atoms with E-state index in [0.29, 0.717) is 0 Å². The SMILES string of the molecule is O=C(c1cccc(OC(F)(F)C(F)F)c1)C1CCCC1. The van der Waals surface area contributed by atoms with E-state index in [2.05, 4.69) is 4.74 Å². The highest BCUT2D eigenvalue weighted by atomic mass is 19.3. The molecule has 0 heterocycles. The first-order chi connectivity index (χ1) is 9.40. The van der Waals surface area contributed by atoms with E-state index in [-0.39, 0.29) is 17.3 Å². The Balaban J connectivity index is 2.13. The van der Waals surface area contributed by atoms with Gasteiger partial charge in [0.25, 0.3) is 0 Å². The normalized spacial score (nSPS) is 16.6. The van der Waals surface area contributed by atoms with Crippen molar-refractivity contribution in [3.8, 4) is 5.75 Å². The van der Waals surface area contributed by atoms with E-state index in [4.69, 9.17) is 0 Å². The van der Waals surface area contributed by atoms with Crippen LogP contribution in [0.5, 0.6) is 5.75 Å². The number of carbonyl (C=O) groups excluding carboxylic acids is 1. The minimum atomic E-state index is -4.56. The van der Waals surface area contributed by atoms with Crippen LogP contribution in [0.2, 0.25) is 0 Å². The first-order valence-electron chi connectivity index (χ1n) is 6.39. The third kappa shape index (κ3) is 3.29. The number of rotatable bonds is 5. The number of hydrogen-bond donors (Lipinski definition) is 0. The van der Waals surface area contributed by atoms with E-state index >= 15 is 0 Å². The molecule has 0 atom stereocenters. The summed E-state index contributed by atoms with van der Waals surface area (Å²) < 4.78 is 53.7. The van der Waals surface area contributed by atoms with E-state index in [1.54, 1.807) is 0 Å². The number of hydrogen-bond acceptors (Lipinski definition) is 2. The smallest absolute Gasteiger partial charge is 0.428 e. The number of Topliss-reactive ketones (excluding diaryl/α,β-unsaturated/α-hetero) is 1. The fraction of sp³-hybridized carbons (Fsp3) is 0.500. The minimum Gasteiger partial charge on any atom is -0.428 e. The molecule has 0 spiro atoms. The summed E-state index contributed by atoms with van der Waals surface area (Å²) >= 11 is 0. The lowest BCUT2D eigenvalue weighted by Gasteiger charge is -2.17. The topological polar surface area (TPSA) is 26.3 Å². The van der Waals surface area contributed by atoms with Gasteiger partial charge in [0.15, 0.2) is 5.78 Å². The van der Waals surface area contributed by atoms with Gasteiger partial charge in [0.1, 0.15) is 5.75 Å². The molecular weight excluding hydrogens is 276 g/mol. The standard InChI is InChI=1S/C14H14F4O2/c15-13(16)14(17,18)20-11-7-3-6-10(8-11)12(19)9-4-1-2-5-9/h3,6-9,13H,1-2,4-5H2. The molecule has 1 aliphatic carbocycles. The van der Waals surface area contributed by atoms with Gasteiger partial charge in [-0.3, -0.25) is 4.79 Å². The zero-order valence-electron chi connectivity index (χ0n) is 10.6. The molecule has 0 amide bonds. The van der Waals surface area contributed by atoms with Crippen molar-refractivity contribution in [3.05, 3.63) is 29.8 Å². The lowest BCUT2D eigenvalue weighted by atomic mass is 9.96. The summed E-state index contributed by atoms with van der Waals surface area (Å²) in [6.07, 6.45) is -4.99. The summed E-state index contributed by atoms with van der Waals surface area (Å²) in [5.74, 6) is -0.687. The number of halogens is 4. The quantitative estimate of drug-likeness (QED) is 0.597. The Morgan fingerprint density at radius 2 is 1.90 bits per heavy atom. The van der Waals surface area contributed by atoms with Gasteiger partial charge < -0.3 is 4.74 Å². The van der Waals surface area contributed by atoms with Gasteiger partial charge in [-0.2, -0.15) is 17.6 Å².